The molecule has 0 aromatic rings. The molecule has 12 heteroatoms. The van der Waals surface area contributed by atoms with E-state index in [4.69, 9.17) is 9.47 Å². The van der Waals surface area contributed by atoms with E-state index in [2.05, 4.69) is 0 Å². The third-order valence-electron chi connectivity index (χ3n) is 5.41. The maximum Gasteiger partial charge on any atom is 0.425 e. The van der Waals surface area contributed by atoms with E-state index in [1.165, 1.54) is 0 Å². The van der Waals surface area contributed by atoms with Crippen LogP contribution in [0.2, 0.25) is 0 Å². The van der Waals surface area contributed by atoms with Crippen LogP contribution in [0.5, 0.6) is 0 Å². The number of rotatable bonds is 5. The van der Waals surface area contributed by atoms with Crippen LogP contribution in [0.3, 0.4) is 0 Å². The van der Waals surface area contributed by atoms with Gasteiger partial charge in [-0.2, -0.15) is 22.0 Å². The van der Waals surface area contributed by atoms with Crippen molar-refractivity contribution in [3.8, 4) is 0 Å². The number of likely N-dealkylation sites (tertiary alicyclic amines) is 1. The number of halogens is 9. The Morgan fingerprint density at radius 3 is 1.97 bits per heavy atom. The second-order valence-corrected chi connectivity index (χ2v) is 7.86. The van der Waals surface area contributed by atoms with Crippen LogP contribution in [0.4, 0.5) is 39.5 Å². The van der Waals surface area contributed by atoms with Crippen LogP contribution < -0.4 is 0 Å². The van der Waals surface area contributed by atoms with Crippen molar-refractivity contribution in [2.45, 2.75) is 69.2 Å². The highest BCUT2D eigenvalue weighted by Gasteiger charge is 2.66. The Labute approximate surface area is 162 Å². The number of ether oxygens (including phenoxy) is 2. The summed E-state index contributed by atoms with van der Waals surface area (Å²) in [6.07, 6.45) is -12.9. The molecule has 2 saturated heterocycles. The first-order chi connectivity index (χ1) is 13.2. The summed E-state index contributed by atoms with van der Waals surface area (Å²) in [5.41, 5.74) is -2.87. The van der Waals surface area contributed by atoms with E-state index in [1.807, 2.05) is 0 Å². The Balaban J connectivity index is 2.13. The summed E-state index contributed by atoms with van der Waals surface area (Å²) in [6, 6.07) is 0. The van der Waals surface area contributed by atoms with Gasteiger partial charge in [0, 0.05) is 13.1 Å². The molecule has 2 aliphatic heterocycles. The predicted octanol–water partition coefficient (Wildman–Crippen LogP) is 4.75. The monoisotopic (exact) mass is 445 g/mol. The lowest BCUT2D eigenvalue weighted by Crippen LogP contribution is -2.56. The fourth-order valence-corrected chi connectivity index (χ4v) is 3.41. The Hall–Kier alpha value is -0.750. The highest BCUT2D eigenvalue weighted by molar-refractivity contribution is 4.99. The van der Waals surface area contributed by atoms with E-state index in [0.717, 1.165) is 17.7 Å². The van der Waals surface area contributed by atoms with Crippen molar-refractivity contribution in [2.75, 3.05) is 32.9 Å². The fraction of sp³-hybridized carbons (Fsp3) is 1.00. The summed E-state index contributed by atoms with van der Waals surface area (Å²) in [4.78, 5) is 0.927. The van der Waals surface area contributed by atoms with Gasteiger partial charge in [-0.15, -0.1) is 0 Å². The smallest absolute Gasteiger partial charge is 0.378 e. The van der Waals surface area contributed by atoms with Gasteiger partial charge < -0.3 is 9.47 Å². The summed E-state index contributed by atoms with van der Waals surface area (Å²) in [7, 11) is 0. The largest absolute Gasteiger partial charge is 0.425 e. The minimum atomic E-state index is -5.86. The van der Waals surface area contributed by atoms with Gasteiger partial charge in [0.25, 0.3) is 12.1 Å². The summed E-state index contributed by atoms with van der Waals surface area (Å²) >= 11 is 0. The summed E-state index contributed by atoms with van der Waals surface area (Å²) in [6.45, 7) is -2.83. The van der Waals surface area contributed by atoms with E-state index in [1.54, 1.807) is 0 Å². The van der Waals surface area contributed by atoms with Gasteiger partial charge in [0.05, 0.1) is 25.2 Å². The van der Waals surface area contributed by atoms with Crippen molar-refractivity contribution in [3.05, 3.63) is 0 Å². The lowest BCUT2D eigenvalue weighted by Gasteiger charge is -2.38. The number of alkyl halides is 9. The molecule has 0 radical (unpaired) electrons. The fourth-order valence-electron chi connectivity index (χ4n) is 3.41. The maximum absolute atomic E-state index is 14.6. The SMILES string of the molecule is CC1(C(F)(F)C(F)C(F)(F)F)COCC(C(F)(F)C(F)N2CCCCCC2)OC1. The van der Waals surface area contributed by atoms with Crippen molar-refractivity contribution in [3.63, 3.8) is 0 Å². The van der Waals surface area contributed by atoms with Gasteiger partial charge in [-0.3, -0.25) is 4.90 Å². The molecule has 0 N–H and O–H groups in total. The lowest BCUT2D eigenvalue weighted by atomic mass is 9.82. The van der Waals surface area contributed by atoms with E-state index < -0.39 is 61.8 Å². The average molecular weight is 445 g/mol. The van der Waals surface area contributed by atoms with Crippen LogP contribution in [-0.4, -0.2) is 74.4 Å². The molecule has 172 valence electrons. The first kappa shape index (κ1) is 24.5. The zero-order valence-electron chi connectivity index (χ0n) is 15.8. The molecule has 0 spiro atoms. The lowest BCUT2D eigenvalue weighted by molar-refractivity contribution is -0.286. The molecule has 29 heavy (non-hydrogen) atoms. The summed E-state index contributed by atoms with van der Waals surface area (Å²) in [5.74, 6) is -9.17. The van der Waals surface area contributed by atoms with E-state index in [0.29, 0.717) is 19.8 Å². The predicted molar refractivity (Wildman–Crippen MR) is 84.4 cm³/mol. The Kier molecular flexibility index (Phi) is 7.42. The third-order valence-corrected chi connectivity index (χ3v) is 5.41. The van der Waals surface area contributed by atoms with Crippen LogP contribution in [0, 0.1) is 5.41 Å². The molecule has 3 nitrogen and oxygen atoms in total. The Bertz CT molecular complexity index is 537. The van der Waals surface area contributed by atoms with Crippen molar-refractivity contribution >= 4 is 0 Å². The maximum atomic E-state index is 14.6. The first-order valence-corrected chi connectivity index (χ1v) is 9.27. The summed E-state index contributed by atoms with van der Waals surface area (Å²) in [5, 5.41) is 0. The average Bonchev–Trinajstić information content (AvgIpc) is 3.01. The van der Waals surface area contributed by atoms with Crippen LogP contribution in [0.1, 0.15) is 32.6 Å². The van der Waals surface area contributed by atoms with Crippen LogP contribution >= 0.6 is 0 Å². The van der Waals surface area contributed by atoms with Crippen molar-refractivity contribution in [2.24, 2.45) is 5.41 Å². The van der Waals surface area contributed by atoms with Gasteiger partial charge in [0.1, 0.15) is 6.10 Å². The molecule has 4 atom stereocenters. The Morgan fingerprint density at radius 1 is 0.897 bits per heavy atom. The standard InChI is InChI=1S/C17H24F9NO2/c1-14(16(22,23)12(18)17(24,25)26)9-28-8-11(29-10-14)15(20,21)13(19)27-6-4-2-3-5-7-27/h11-13H,2-10H2,1H3. The number of hydrogen-bond donors (Lipinski definition) is 0. The second kappa shape index (κ2) is 8.78. The van der Waals surface area contributed by atoms with Gasteiger partial charge in [-0.1, -0.05) is 12.8 Å². The molecule has 2 fully saturated rings. The molecule has 0 aliphatic carbocycles. The molecule has 0 aromatic heterocycles. The van der Waals surface area contributed by atoms with Crippen molar-refractivity contribution < 1.29 is 49.0 Å². The van der Waals surface area contributed by atoms with Gasteiger partial charge in [0.15, 0.2) is 0 Å². The topological polar surface area (TPSA) is 21.7 Å². The molecule has 0 saturated carbocycles. The quantitative estimate of drug-likeness (QED) is 0.451. The van der Waals surface area contributed by atoms with E-state index in [-0.39, 0.29) is 13.1 Å². The molecule has 4 unspecified atom stereocenters. The zero-order chi connectivity index (χ0) is 22.1. The molecule has 0 aromatic carbocycles. The Morgan fingerprint density at radius 2 is 1.45 bits per heavy atom. The number of hydrogen-bond acceptors (Lipinski definition) is 3. The van der Waals surface area contributed by atoms with Gasteiger partial charge in [0.2, 0.25) is 6.30 Å². The van der Waals surface area contributed by atoms with E-state index >= 15 is 0 Å². The summed E-state index contributed by atoms with van der Waals surface area (Å²) < 4.78 is 132. The van der Waals surface area contributed by atoms with Crippen LogP contribution in [0.15, 0.2) is 0 Å². The third kappa shape index (κ3) is 5.12. The molecule has 2 rings (SSSR count). The van der Waals surface area contributed by atoms with Crippen molar-refractivity contribution in [1.82, 2.24) is 4.90 Å². The van der Waals surface area contributed by atoms with E-state index in [9.17, 15) is 39.5 Å². The molecule has 2 aliphatic rings. The minimum Gasteiger partial charge on any atom is -0.378 e. The minimum absolute atomic E-state index is 0.0786. The molecule has 2 heterocycles. The highest BCUT2D eigenvalue weighted by atomic mass is 19.4. The normalized spacial score (nSPS) is 31.0. The zero-order valence-corrected chi connectivity index (χ0v) is 15.8. The van der Waals surface area contributed by atoms with Crippen LogP contribution in [-0.2, 0) is 9.47 Å². The van der Waals surface area contributed by atoms with Gasteiger partial charge in [-0.05, 0) is 19.8 Å². The molecular formula is C17H24F9NO2. The molecule has 0 bridgehead atoms. The van der Waals surface area contributed by atoms with Crippen molar-refractivity contribution in [1.29, 1.82) is 0 Å². The molecule has 0 amide bonds. The number of nitrogens with zero attached hydrogens (tertiary/aromatic N) is 1. The molecular weight excluding hydrogens is 421 g/mol. The van der Waals surface area contributed by atoms with Gasteiger partial charge in [-0.25, -0.2) is 17.6 Å². The first-order valence-electron chi connectivity index (χ1n) is 9.27. The van der Waals surface area contributed by atoms with Gasteiger partial charge >= 0.3 is 12.1 Å². The second-order valence-electron chi connectivity index (χ2n) is 7.86. The highest BCUT2D eigenvalue weighted by Crippen LogP contribution is 2.48. The van der Waals surface area contributed by atoms with Crippen LogP contribution in [0.25, 0.3) is 0 Å².